The molecule has 0 atom stereocenters. The summed E-state index contributed by atoms with van der Waals surface area (Å²) in [6.45, 7) is 9.48. The fourth-order valence-electron chi connectivity index (χ4n) is 1.87. The zero-order valence-corrected chi connectivity index (χ0v) is 15.1. The Kier molecular flexibility index (Phi) is 5.16. The minimum absolute atomic E-state index is 0.0363. The summed E-state index contributed by atoms with van der Waals surface area (Å²) in [4.78, 5) is 24.3. The van der Waals surface area contributed by atoms with Crippen molar-refractivity contribution in [1.82, 2.24) is 0 Å². The highest BCUT2D eigenvalue weighted by Gasteiger charge is 2.44. The van der Waals surface area contributed by atoms with Gasteiger partial charge in [0.2, 0.25) is 0 Å². The first-order valence-electron chi connectivity index (χ1n) is 7.08. The Bertz CT molecular complexity index is 628. The number of benzene rings is 1. The largest absolute Gasteiger partial charge is 0.496 e. The van der Waals surface area contributed by atoms with Crippen LogP contribution in [0.2, 0.25) is 18.1 Å². The van der Waals surface area contributed by atoms with Gasteiger partial charge in [0.05, 0.1) is 12.7 Å². The first-order valence-corrected chi connectivity index (χ1v) is 10.1. The summed E-state index contributed by atoms with van der Waals surface area (Å²) in [7, 11) is -1.18. The van der Waals surface area contributed by atoms with Crippen molar-refractivity contribution in [3.63, 3.8) is 0 Å². The Hall–Kier alpha value is -1.63. The van der Waals surface area contributed by atoms with E-state index < -0.39 is 25.6 Å². The van der Waals surface area contributed by atoms with E-state index in [4.69, 9.17) is 4.74 Å². The van der Waals surface area contributed by atoms with E-state index in [1.54, 1.807) is 0 Å². The quantitative estimate of drug-likeness (QED) is 0.588. The van der Waals surface area contributed by atoms with E-state index in [-0.39, 0.29) is 21.8 Å². The van der Waals surface area contributed by atoms with Gasteiger partial charge in [-0.3, -0.25) is 9.59 Å². The van der Waals surface area contributed by atoms with Crippen molar-refractivity contribution in [1.29, 1.82) is 0 Å². The molecular weight excluding hydrogens is 325 g/mol. The van der Waals surface area contributed by atoms with E-state index in [1.165, 1.54) is 13.2 Å². The number of rotatable bonds is 4. The molecule has 23 heavy (non-hydrogen) atoms. The van der Waals surface area contributed by atoms with E-state index in [0.717, 1.165) is 12.1 Å². The minimum atomic E-state index is -4.98. The van der Waals surface area contributed by atoms with E-state index in [1.807, 2.05) is 33.9 Å². The third-order valence-electron chi connectivity index (χ3n) is 4.41. The number of carbonyl (C=O) groups is 2. The fraction of sp³-hybridized carbons (Fsp3) is 0.500. The highest BCUT2D eigenvalue weighted by atomic mass is 28.3. The van der Waals surface area contributed by atoms with Crippen molar-refractivity contribution in [3.8, 4) is 5.75 Å². The Balaban J connectivity index is 3.46. The molecule has 1 aromatic rings. The molecule has 3 nitrogen and oxygen atoms in total. The summed E-state index contributed by atoms with van der Waals surface area (Å²) < 4.78 is 43.0. The predicted octanol–water partition coefficient (Wildman–Crippen LogP) is 4.67. The molecule has 0 aliphatic rings. The highest BCUT2D eigenvalue weighted by Crippen LogP contribution is 2.39. The first-order chi connectivity index (χ1) is 10.2. The van der Waals surface area contributed by atoms with Crippen molar-refractivity contribution in [2.45, 2.75) is 45.1 Å². The third-order valence-corrected chi connectivity index (χ3v) is 9.56. The van der Waals surface area contributed by atoms with Gasteiger partial charge in [-0.2, -0.15) is 13.2 Å². The monoisotopic (exact) mass is 346 g/mol. The van der Waals surface area contributed by atoms with Crippen LogP contribution in [-0.4, -0.2) is 32.5 Å². The van der Waals surface area contributed by atoms with E-state index in [0.29, 0.717) is 0 Å². The second kappa shape index (κ2) is 6.11. The Morgan fingerprint density at radius 2 is 1.61 bits per heavy atom. The van der Waals surface area contributed by atoms with E-state index in [2.05, 4.69) is 0 Å². The summed E-state index contributed by atoms with van der Waals surface area (Å²) in [5.74, 6) is -1.79. The van der Waals surface area contributed by atoms with Gasteiger partial charge in [0.15, 0.2) is 0 Å². The molecule has 7 heteroatoms. The SMILES string of the molecule is COc1ccc(C(=O)C(F)(F)F)cc1C(=O)[Si](C)(C)C(C)(C)C. The van der Waals surface area contributed by atoms with Gasteiger partial charge in [0, 0.05) is 5.56 Å². The summed E-state index contributed by atoms with van der Waals surface area (Å²) in [5, 5.41) is -0.530. The lowest BCUT2D eigenvalue weighted by molar-refractivity contribution is -0.0885. The summed E-state index contributed by atoms with van der Waals surface area (Å²) in [5.41, 5.74) is -0.519. The van der Waals surface area contributed by atoms with Crippen LogP contribution in [0.5, 0.6) is 5.75 Å². The van der Waals surface area contributed by atoms with Gasteiger partial charge in [-0.15, -0.1) is 0 Å². The van der Waals surface area contributed by atoms with Crippen LogP contribution >= 0.6 is 0 Å². The summed E-state index contributed by atoms with van der Waals surface area (Å²) in [6.07, 6.45) is -4.98. The number of carbonyl (C=O) groups excluding carboxylic acids is 2. The van der Waals surface area contributed by atoms with Crippen LogP contribution in [0.3, 0.4) is 0 Å². The van der Waals surface area contributed by atoms with Gasteiger partial charge >= 0.3 is 6.18 Å². The minimum Gasteiger partial charge on any atom is -0.496 e. The van der Waals surface area contributed by atoms with Crippen molar-refractivity contribution in [2.24, 2.45) is 0 Å². The third kappa shape index (κ3) is 3.83. The lowest BCUT2D eigenvalue weighted by Gasteiger charge is -2.35. The molecule has 128 valence electrons. The maximum atomic E-state index is 12.9. The molecule has 0 spiro atoms. The molecule has 0 aliphatic carbocycles. The molecule has 1 rings (SSSR count). The van der Waals surface area contributed by atoms with E-state index >= 15 is 0 Å². The molecule has 0 radical (unpaired) electrons. The average Bonchev–Trinajstić information content (AvgIpc) is 2.42. The molecule has 0 aliphatic heterocycles. The first kappa shape index (κ1) is 19.4. The van der Waals surface area contributed by atoms with Gasteiger partial charge in [-0.05, 0) is 23.2 Å². The van der Waals surface area contributed by atoms with Crippen molar-refractivity contribution < 1.29 is 27.5 Å². The Labute approximate surface area is 134 Å². The van der Waals surface area contributed by atoms with E-state index in [9.17, 15) is 22.8 Å². The molecule has 1 aromatic carbocycles. The normalized spacial score (nSPS) is 12.9. The fourth-order valence-corrected chi connectivity index (χ4v) is 3.42. The molecule has 0 unspecified atom stereocenters. The van der Waals surface area contributed by atoms with Crippen LogP contribution in [0.15, 0.2) is 18.2 Å². The molecule has 0 bridgehead atoms. The van der Waals surface area contributed by atoms with Crippen LogP contribution in [0.1, 0.15) is 41.5 Å². The number of halogens is 3. The topological polar surface area (TPSA) is 43.4 Å². The maximum absolute atomic E-state index is 12.9. The number of Topliss-reactive ketones (excluding diaryl/α,β-unsaturated/α-hetero) is 1. The molecule has 0 aromatic heterocycles. The van der Waals surface area contributed by atoms with Crippen molar-refractivity contribution >= 4 is 19.3 Å². The summed E-state index contributed by atoms with van der Waals surface area (Å²) >= 11 is 0. The van der Waals surface area contributed by atoms with Crippen molar-refractivity contribution in [3.05, 3.63) is 29.3 Å². The number of ketones is 1. The second-order valence-electron chi connectivity index (χ2n) is 6.95. The number of hydrogen-bond donors (Lipinski definition) is 0. The number of hydrogen-bond acceptors (Lipinski definition) is 3. The van der Waals surface area contributed by atoms with Crippen molar-refractivity contribution in [2.75, 3.05) is 7.11 Å². The molecule has 0 amide bonds. The van der Waals surface area contributed by atoms with Crippen LogP contribution < -0.4 is 4.74 Å². The van der Waals surface area contributed by atoms with Crippen LogP contribution in [0, 0.1) is 0 Å². The lowest BCUT2D eigenvalue weighted by Crippen LogP contribution is -2.46. The lowest BCUT2D eigenvalue weighted by atomic mass is 10.1. The van der Waals surface area contributed by atoms with Crippen LogP contribution in [0.4, 0.5) is 13.2 Å². The Morgan fingerprint density at radius 3 is 2.00 bits per heavy atom. The number of alkyl halides is 3. The van der Waals surface area contributed by atoms with Gasteiger partial charge in [0.1, 0.15) is 19.2 Å². The standard InChI is InChI=1S/C16H21F3O3Si/c1-15(2,3)23(5,6)14(21)11-9-10(7-8-12(11)22-4)13(20)16(17,18)19/h7-9H,1-6H3. The second-order valence-corrected chi connectivity index (χ2v) is 12.2. The summed E-state index contributed by atoms with van der Waals surface area (Å²) in [6, 6.07) is 3.26. The number of methoxy groups -OCH3 is 1. The molecule has 0 saturated heterocycles. The zero-order valence-electron chi connectivity index (χ0n) is 14.1. The smallest absolute Gasteiger partial charge is 0.454 e. The maximum Gasteiger partial charge on any atom is 0.454 e. The van der Waals surface area contributed by atoms with Gasteiger partial charge in [0.25, 0.3) is 5.78 Å². The molecular formula is C16H21F3O3Si. The number of ether oxygens (including phenoxy) is 1. The Morgan fingerprint density at radius 1 is 1.09 bits per heavy atom. The van der Waals surface area contributed by atoms with Gasteiger partial charge in [-0.25, -0.2) is 0 Å². The molecule has 0 fully saturated rings. The highest BCUT2D eigenvalue weighted by molar-refractivity contribution is 7.08. The molecule has 0 saturated carbocycles. The predicted molar refractivity (Wildman–Crippen MR) is 84.9 cm³/mol. The molecule has 0 N–H and O–H groups in total. The zero-order chi connectivity index (χ0) is 18.2. The average molecular weight is 346 g/mol. The van der Waals surface area contributed by atoms with Crippen LogP contribution in [-0.2, 0) is 0 Å². The van der Waals surface area contributed by atoms with Gasteiger partial charge in [-0.1, -0.05) is 33.9 Å². The molecule has 0 heterocycles. The van der Waals surface area contributed by atoms with Gasteiger partial charge < -0.3 is 4.74 Å². The van der Waals surface area contributed by atoms with Crippen LogP contribution in [0.25, 0.3) is 0 Å².